The molecule has 1 aromatic heterocycles. The summed E-state index contributed by atoms with van der Waals surface area (Å²) in [6.45, 7) is 0.520. The Morgan fingerprint density at radius 2 is 2.19 bits per heavy atom. The van der Waals surface area contributed by atoms with Crippen molar-refractivity contribution < 1.29 is 5.11 Å². The number of hydrogen-bond donors (Lipinski definition) is 3. The number of aliphatic hydroxyl groups is 1. The van der Waals surface area contributed by atoms with E-state index in [1.807, 2.05) is 0 Å². The van der Waals surface area contributed by atoms with Crippen LogP contribution in [-0.4, -0.2) is 22.2 Å². The number of rotatable bonds is 3. The summed E-state index contributed by atoms with van der Waals surface area (Å²) in [6, 6.07) is 1.80. The third-order valence-electron chi connectivity index (χ3n) is 3.00. The Hall–Kier alpha value is -0.810. The Kier molecular flexibility index (Phi) is 3.35. The lowest BCUT2D eigenvalue weighted by Gasteiger charge is -2.23. The molecule has 0 atom stereocenters. The fourth-order valence-corrected chi connectivity index (χ4v) is 2.41. The van der Waals surface area contributed by atoms with Gasteiger partial charge in [0.2, 0.25) is 0 Å². The van der Waals surface area contributed by atoms with E-state index < -0.39 is 5.60 Å². The first-order valence-electron chi connectivity index (χ1n) is 5.46. The van der Waals surface area contributed by atoms with Crippen molar-refractivity contribution in [3.8, 4) is 0 Å². The van der Waals surface area contributed by atoms with E-state index in [4.69, 9.17) is 5.73 Å². The van der Waals surface area contributed by atoms with Crippen LogP contribution in [0, 0.1) is 0 Å². The van der Waals surface area contributed by atoms with Crippen molar-refractivity contribution in [2.24, 2.45) is 0 Å². The van der Waals surface area contributed by atoms with Gasteiger partial charge in [-0.3, -0.25) is 0 Å². The molecular weight excluding hydrogens is 270 g/mol. The van der Waals surface area contributed by atoms with E-state index >= 15 is 0 Å². The summed E-state index contributed by atoms with van der Waals surface area (Å²) < 4.78 is 0.857. The highest BCUT2D eigenvalue weighted by molar-refractivity contribution is 9.10. The third kappa shape index (κ3) is 2.65. The van der Waals surface area contributed by atoms with E-state index in [9.17, 15) is 5.11 Å². The molecule has 0 saturated heterocycles. The van der Waals surface area contributed by atoms with Crippen LogP contribution in [0.4, 0.5) is 11.5 Å². The first-order chi connectivity index (χ1) is 7.59. The molecule has 4 N–H and O–H groups in total. The summed E-state index contributed by atoms with van der Waals surface area (Å²) in [6.07, 6.45) is 5.60. The zero-order valence-corrected chi connectivity index (χ0v) is 10.6. The zero-order chi connectivity index (χ0) is 11.6. The quantitative estimate of drug-likeness (QED) is 0.796. The van der Waals surface area contributed by atoms with Crippen molar-refractivity contribution in [2.45, 2.75) is 31.3 Å². The van der Waals surface area contributed by atoms with Crippen LogP contribution in [0.3, 0.4) is 0 Å². The smallest absolute Gasteiger partial charge is 0.149 e. The predicted octanol–water partition coefficient (Wildman–Crippen LogP) is 2.14. The summed E-state index contributed by atoms with van der Waals surface area (Å²) >= 11 is 3.30. The minimum atomic E-state index is -0.582. The minimum Gasteiger partial charge on any atom is -0.396 e. The second kappa shape index (κ2) is 4.59. The Morgan fingerprint density at radius 3 is 2.81 bits per heavy atom. The maximum absolute atomic E-state index is 10.2. The topological polar surface area (TPSA) is 71.2 Å². The lowest BCUT2D eigenvalue weighted by molar-refractivity contribution is 0.0614. The molecule has 2 rings (SSSR count). The number of pyridine rings is 1. The first-order valence-corrected chi connectivity index (χ1v) is 6.26. The van der Waals surface area contributed by atoms with Crippen molar-refractivity contribution in [3.05, 3.63) is 16.7 Å². The van der Waals surface area contributed by atoms with Crippen LogP contribution in [0.5, 0.6) is 0 Å². The highest BCUT2D eigenvalue weighted by Gasteiger charge is 2.30. The van der Waals surface area contributed by atoms with E-state index in [0.29, 0.717) is 18.1 Å². The molecule has 1 aromatic rings. The fraction of sp³-hybridized carbons (Fsp3) is 0.545. The number of aromatic nitrogens is 1. The number of halogens is 1. The molecule has 1 aliphatic rings. The molecule has 0 aromatic carbocycles. The highest BCUT2D eigenvalue weighted by atomic mass is 79.9. The summed E-state index contributed by atoms with van der Waals surface area (Å²) in [4.78, 5) is 4.18. The third-order valence-corrected chi connectivity index (χ3v) is 3.44. The van der Waals surface area contributed by atoms with E-state index in [1.54, 1.807) is 12.3 Å². The molecule has 0 bridgehead atoms. The van der Waals surface area contributed by atoms with Crippen molar-refractivity contribution in [3.63, 3.8) is 0 Å². The van der Waals surface area contributed by atoms with Crippen molar-refractivity contribution >= 4 is 27.4 Å². The molecule has 16 heavy (non-hydrogen) atoms. The van der Waals surface area contributed by atoms with Gasteiger partial charge in [-0.2, -0.15) is 0 Å². The van der Waals surface area contributed by atoms with E-state index in [2.05, 4.69) is 26.2 Å². The van der Waals surface area contributed by atoms with Gasteiger partial charge in [-0.25, -0.2) is 4.98 Å². The van der Waals surface area contributed by atoms with Gasteiger partial charge < -0.3 is 16.2 Å². The second-order valence-electron chi connectivity index (χ2n) is 4.38. The standard InChI is InChI=1S/C11H16BrN3O/c12-8-5-9(13)10(14-6-8)15-7-11(16)3-1-2-4-11/h5-6,16H,1-4,7,13H2,(H,14,15). The molecule has 1 heterocycles. The molecule has 0 aliphatic heterocycles. The molecule has 5 heteroatoms. The van der Waals surface area contributed by atoms with Crippen molar-refractivity contribution in [2.75, 3.05) is 17.6 Å². The average Bonchev–Trinajstić information content (AvgIpc) is 2.64. The number of nitrogen functional groups attached to an aromatic ring is 1. The second-order valence-corrected chi connectivity index (χ2v) is 5.29. The van der Waals surface area contributed by atoms with Crippen molar-refractivity contribution in [1.29, 1.82) is 0 Å². The SMILES string of the molecule is Nc1cc(Br)cnc1NCC1(O)CCCC1. The molecule has 1 fully saturated rings. The van der Waals surface area contributed by atoms with Crippen LogP contribution >= 0.6 is 15.9 Å². The molecule has 4 nitrogen and oxygen atoms in total. The zero-order valence-electron chi connectivity index (χ0n) is 9.04. The lowest BCUT2D eigenvalue weighted by atomic mass is 10.0. The van der Waals surface area contributed by atoms with Crippen LogP contribution < -0.4 is 11.1 Å². The number of nitrogens with zero attached hydrogens (tertiary/aromatic N) is 1. The molecule has 1 aliphatic carbocycles. The van der Waals surface area contributed by atoms with Gasteiger partial charge in [0.15, 0.2) is 0 Å². The summed E-state index contributed by atoms with van der Waals surface area (Å²) in [7, 11) is 0. The first kappa shape index (κ1) is 11.7. The number of anilines is 2. The fourth-order valence-electron chi connectivity index (χ4n) is 2.06. The van der Waals surface area contributed by atoms with Gasteiger partial charge in [-0.15, -0.1) is 0 Å². The van der Waals surface area contributed by atoms with Gasteiger partial charge in [0, 0.05) is 17.2 Å². The van der Waals surface area contributed by atoms with Crippen molar-refractivity contribution in [1.82, 2.24) is 4.98 Å². The van der Waals surface area contributed by atoms with Gasteiger partial charge in [-0.1, -0.05) is 12.8 Å². The van der Waals surface area contributed by atoms with Crippen LogP contribution in [0.25, 0.3) is 0 Å². The number of nitrogens with one attached hydrogen (secondary N) is 1. The Balaban J connectivity index is 1.99. The molecule has 0 spiro atoms. The van der Waals surface area contributed by atoms with Gasteiger partial charge in [0.1, 0.15) is 5.82 Å². The average molecular weight is 286 g/mol. The Bertz CT molecular complexity index is 377. The van der Waals surface area contributed by atoms with Crippen LogP contribution in [0.1, 0.15) is 25.7 Å². The van der Waals surface area contributed by atoms with Crippen LogP contribution in [-0.2, 0) is 0 Å². The summed E-state index contributed by atoms with van der Waals surface area (Å²) in [5.41, 5.74) is 5.82. The molecular formula is C11H16BrN3O. The van der Waals surface area contributed by atoms with E-state index in [-0.39, 0.29) is 0 Å². The monoisotopic (exact) mass is 285 g/mol. The van der Waals surface area contributed by atoms with Gasteiger partial charge in [-0.05, 0) is 34.8 Å². The Labute approximate surface area is 103 Å². The van der Waals surface area contributed by atoms with Gasteiger partial charge in [0.25, 0.3) is 0 Å². The molecule has 88 valence electrons. The van der Waals surface area contributed by atoms with Gasteiger partial charge in [0.05, 0.1) is 11.3 Å². The maximum Gasteiger partial charge on any atom is 0.149 e. The molecule has 1 saturated carbocycles. The largest absolute Gasteiger partial charge is 0.396 e. The lowest BCUT2D eigenvalue weighted by Crippen LogP contribution is -2.33. The number of hydrogen-bond acceptors (Lipinski definition) is 4. The number of nitrogens with two attached hydrogens (primary N) is 1. The molecule has 0 unspecified atom stereocenters. The maximum atomic E-state index is 10.2. The van der Waals surface area contributed by atoms with E-state index in [1.165, 1.54) is 0 Å². The van der Waals surface area contributed by atoms with Gasteiger partial charge >= 0.3 is 0 Å². The van der Waals surface area contributed by atoms with Crippen LogP contribution in [0.2, 0.25) is 0 Å². The summed E-state index contributed by atoms with van der Waals surface area (Å²) in [5, 5.41) is 13.3. The Morgan fingerprint density at radius 1 is 1.50 bits per heavy atom. The van der Waals surface area contributed by atoms with E-state index in [0.717, 1.165) is 30.2 Å². The molecule has 0 radical (unpaired) electrons. The normalized spacial score (nSPS) is 18.6. The minimum absolute atomic E-state index is 0.520. The van der Waals surface area contributed by atoms with Crippen LogP contribution in [0.15, 0.2) is 16.7 Å². The predicted molar refractivity (Wildman–Crippen MR) is 68.3 cm³/mol. The summed E-state index contributed by atoms with van der Waals surface area (Å²) in [5.74, 6) is 0.642. The highest BCUT2D eigenvalue weighted by Crippen LogP contribution is 2.30. The molecule has 0 amide bonds.